The molecule has 4 N–H and O–H groups in total. The van der Waals surface area contributed by atoms with Crippen molar-refractivity contribution < 1.29 is 37.3 Å². The van der Waals surface area contributed by atoms with Gasteiger partial charge in [0.25, 0.3) is 0 Å². The molecule has 0 heterocycles. The highest BCUT2D eigenvalue weighted by molar-refractivity contribution is 7.80. The third-order valence-corrected chi connectivity index (χ3v) is 4.20. The van der Waals surface area contributed by atoms with Crippen molar-refractivity contribution in [2.24, 2.45) is 0 Å². The van der Waals surface area contributed by atoms with Crippen molar-refractivity contribution in [2.45, 2.75) is 11.1 Å². The number of alkyl halides is 3. The minimum atomic E-state index is -4.53. The molecule has 0 spiro atoms. The highest BCUT2D eigenvalue weighted by Gasteiger charge is 2.31. The number of phenolic OH excluding ortho intramolecular Hbond substituents is 2. The topological polar surface area (TPSA) is 92.8 Å². The smallest absolute Gasteiger partial charge is 0.416 e. The van der Waals surface area contributed by atoms with Crippen molar-refractivity contribution >= 4 is 24.3 Å². The maximum atomic E-state index is 13.1. The third kappa shape index (κ3) is 6.29. The number of nitrogen functional groups attached to an aromatic ring is 1. The molecule has 3 aromatic carbocycles. The first-order chi connectivity index (χ1) is 14.4. The first-order valence-electron chi connectivity index (χ1n) is 8.49. The zero-order valence-electron chi connectivity index (χ0n) is 15.9. The molecule has 0 aromatic heterocycles. The number of carbonyl (C=O) groups is 1. The van der Waals surface area contributed by atoms with Crippen molar-refractivity contribution in [3.63, 3.8) is 0 Å². The number of nitrogens with two attached hydrogens (primary N) is 1. The van der Waals surface area contributed by atoms with E-state index >= 15 is 0 Å². The Bertz CT molecular complexity index is 1100. The molecule has 0 saturated carbocycles. The molecule has 0 unspecified atom stereocenters. The molecule has 3 rings (SSSR count). The summed E-state index contributed by atoms with van der Waals surface area (Å²) < 4.78 is 55.6. The summed E-state index contributed by atoms with van der Waals surface area (Å²) in [6.45, 7) is 0. The Morgan fingerprint density at radius 3 is 2.26 bits per heavy atom. The predicted octanol–water partition coefficient (Wildman–Crippen LogP) is 5.27. The average molecular weight is 455 g/mol. The first kappa shape index (κ1) is 23.9. The standard InChI is InChI=1S/C13H8F4OS.C8H9NO3/c14-9-1-2-12(18)11(6-9)7-3-8(13(15,16)17)5-10(19)4-7;1-12-8(11)6-3-2-5(9)4-7(6)10/h1-6,18-19H;2-4,10H,9H2,1H3. The Morgan fingerprint density at radius 1 is 1.00 bits per heavy atom. The molecule has 5 nitrogen and oxygen atoms in total. The van der Waals surface area contributed by atoms with E-state index in [1.165, 1.54) is 31.4 Å². The number of methoxy groups -OCH3 is 1. The van der Waals surface area contributed by atoms with E-state index in [9.17, 15) is 32.6 Å². The lowest BCUT2D eigenvalue weighted by Crippen LogP contribution is -2.05. The van der Waals surface area contributed by atoms with Gasteiger partial charge in [0.1, 0.15) is 22.9 Å². The van der Waals surface area contributed by atoms with Crippen molar-refractivity contribution in [1.29, 1.82) is 0 Å². The van der Waals surface area contributed by atoms with Gasteiger partial charge in [0.05, 0.1) is 12.7 Å². The molecule has 0 bridgehead atoms. The number of phenols is 2. The minimum Gasteiger partial charge on any atom is -0.507 e. The van der Waals surface area contributed by atoms with Gasteiger partial charge in [-0.25, -0.2) is 9.18 Å². The number of halogens is 4. The molecule has 10 heteroatoms. The van der Waals surface area contributed by atoms with Crippen LogP contribution >= 0.6 is 12.6 Å². The Balaban J connectivity index is 0.000000245. The largest absolute Gasteiger partial charge is 0.507 e. The lowest BCUT2D eigenvalue weighted by molar-refractivity contribution is -0.137. The van der Waals surface area contributed by atoms with Crippen LogP contribution in [-0.2, 0) is 10.9 Å². The van der Waals surface area contributed by atoms with Crippen LogP contribution in [0.15, 0.2) is 59.5 Å². The molecule has 31 heavy (non-hydrogen) atoms. The third-order valence-electron chi connectivity index (χ3n) is 3.94. The number of esters is 1. The second-order valence-corrected chi connectivity index (χ2v) is 6.71. The Morgan fingerprint density at radius 2 is 1.68 bits per heavy atom. The summed E-state index contributed by atoms with van der Waals surface area (Å²) in [6.07, 6.45) is -4.53. The molecule has 0 aliphatic rings. The Kier molecular flexibility index (Phi) is 7.40. The van der Waals surface area contributed by atoms with Crippen LogP contribution < -0.4 is 5.73 Å². The number of benzene rings is 3. The Hall–Kier alpha value is -3.40. The highest BCUT2D eigenvalue weighted by Crippen LogP contribution is 2.37. The van der Waals surface area contributed by atoms with Gasteiger partial charge in [-0.3, -0.25) is 0 Å². The van der Waals surface area contributed by atoms with Crippen LogP contribution in [0, 0.1) is 5.82 Å². The van der Waals surface area contributed by atoms with E-state index in [4.69, 9.17) is 5.73 Å². The van der Waals surface area contributed by atoms with Crippen LogP contribution in [0.3, 0.4) is 0 Å². The molecule has 164 valence electrons. The number of hydrogen-bond donors (Lipinski definition) is 4. The van der Waals surface area contributed by atoms with E-state index in [2.05, 4.69) is 17.4 Å². The predicted molar refractivity (Wildman–Crippen MR) is 110 cm³/mol. The molecule has 0 saturated heterocycles. The highest BCUT2D eigenvalue weighted by atomic mass is 32.1. The number of carbonyl (C=O) groups excluding carboxylic acids is 1. The van der Waals surface area contributed by atoms with Crippen LogP contribution in [0.4, 0.5) is 23.2 Å². The van der Waals surface area contributed by atoms with Gasteiger partial charge in [0.2, 0.25) is 0 Å². The van der Waals surface area contributed by atoms with E-state index in [0.29, 0.717) is 5.69 Å². The summed E-state index contributed by atoms with van der Waals surface area (Å²) in [7, 11) is 1.25. The second-order valence-electron chi connectivity index (χ2n) is 6.20. The summed E-state index contributed by atoms with van der Waals surface area (Å²) >= 11 is 3.89. The van der Waals surface area contributed by atoms with Crippen molar-refractivity contribution in [1.82, 2.24) is 0 Å². The summed E-state index contributed by atoms with van der Waals surface area (Å²) in [5.74, 6) is -1.69. The Labute approximate surface area is 180 Å². The summed E-state index contributed by atoms with van der Waals surface area (Å²) in [5.41, 5.74) is 5.01. The number of ether oxygens (including phenoxy) is 1. The first-order valence-corrected chi connectivity index (χ1v) is 8.94. The molecular formula is C21H17F4NO4S. The van der Waals surface area contributed by atoms with E-state index in [1.54, 1.807) is 0 Å². The fourth-order valence-corrected chi connectivity index (χ4v) is 2.78. The normalized spacial score (nSPS) is 10.8. The second kappa shape index (κ2) is 9.61. The van der Waals surface area contributed by atoms with Gasteiger partial charge >= 0.3 is 12.1 Å². The SMILES string of the molecule is COC(=O)c1ccc(N)cc1O.Oc1ccc(F)cc1-c1cc(S)cc(C(F)(F)F)c1. The number of aromatic hydroxyl groups is 2. The molecule has 0 atom stereocenters. The minimum absolute atomic E-state index is 0.0126. The van der Waals surface area contributed by atoms with E-state index in [0.717, 1.165) is 30.3 Å². The lowest BCUT2D eigenvalue weighted by atomic mass is 10.0. The fourth-order valence-electron chi connectivity index (χ4n) is 2.50. The van der Waals surface area contributed by atoms with Crippen LogP contribution in [0.25, 0.3) is 11.1 Å². The van der Waals surface area contributed by atoms with Crippen LogP contribution in [0.2, 0.25) is 0 Å². The van der Waals surface area contributed by atoms with E-state index in [-0.39, 0.29) is 33.1 Å². The number of hydrogen-bond acceptors (Lipinski definition) is 6. The summed E-state index contributed by atoms with van der Waals surface area (Å²) in [5, 5.41) is 18.8. The number of rotatable bonds is 2. The van der Waals surface area contributed by atoms with Gasteiger partial charge in [0, 0.05) is 22.2 Å². The average Bonchev–Trinajstić information content (AvgIpc) is 2.68. The molecule has 0 fully saturated rings. The maximum Gasteiger partial charge on any atom is 0.416 e. The van der Waals surface area contributed by atoms with E-state index < -0.39 is 23.5 Å². The lowest BCUT2D eigenvalue weighted by Gasteiger charge is -2.11. The monoisotopic (exact) mass is 455 g/mol. The fraction of sp³-hybridized carbons (Fsp3) is 0.0952. The quantitative estimate of drug-likeness (QED) is 0.183. The number of anilines is 1. The molecular weight excluding hydrogens is 438 g/mol. The molecule has 0 amide bonds. The van der Waals surface area contributed by atoms with Gasteiger partial charge < -0.3 is 20.7 Å². The molecule has 3 aromatic rings. The molecule has 0 radical (unpaired) electrons. The van der Waals surface area contributed by atoms with Crippen LogP contribution in [0.5, 0.6) is 11.5 Å². The van der Waals surface area contributed by atoms with Gasteiger partial charge in [0.15, 0.2) is 0 Å². The molecule has 0 aliphatic heterocycles. The van der Waals surface area contributed by atoms with Crippen LogP contribution in [0.1, 0.15) is 15.9 Å². The zero-order valence-corrected chi connectivity index (χ0v) is 16.8. The van der Waals surface area contributed by atoms with Gasteiger partial charge in [-0.15, -0.1) is 12.6 Å². The van der Waals surface area contributed by atoms with Crippen LogP contribution in [-0.4, -0.2) is 23.3 Å². The number of thiol groups is 1. The van der Waals surface area contributed by atoms with Gasteiger partial charge in [-0.1, -0.05) is 0 Å². The zero-order chi connectivity index (χ0) is 23.3. The van der Waals surface area contributed by atoms with Crippen molar-refractivity contribution in [3.8, 4) is 22.6 Å². The maximum absolute atomic E-state index is 13.1. The van der Waals surface area contributed by atoms with E-state index in [1.807, 2.05) is 0 Å². The summed E-state index contributed by atoms with van der Waals surface area (Å²) in [4.78, 5) is 11.0. The van der Waals surface area contributed by atoms with Crippen molar-refractivity contribution in [2.75, 3.05) is 12.8 Å². The van der Waals surface area contributed by atoms with Gasteiger partial charge in [-0.05, 0) is 54.1 Å². The van der Waals surface area contributed by atoms with Gasteiger partial charge in [-0.2, -0.15) is 13.2 Å². The van der Waals surface area contributed by atoms with Crippen molar-refractivity contribution in [3.05, 3.63) is 71.5 Å². The molecule has 0 aliphatic carbocycles. The summed E-state index contributed by atoms with van der Waals surface area (Å²) in [6, 6.07) is 10.3.